The fourth-order valence-electron chi connectivity index (χ4n) is 1.14. The number of hydrogen-bond donors (Lipinski definition) is 1. The van der Waals surface area contributed by atoms with Gasteiger partial charge in [0, 0.05) is 12.1 Å². The second kappa shape index (κ2) is 4.13. The summed E-state index contributed by atoms with van der Waals surface area (Å²) >= 11 is 0. The van der Waals surface area contributed by atoms with Crippen LogP contribution in [0.5, 0.6) is 0 Å². The third-order valence-electron chi connectivity index (χ3n) is 1.76. The van der Waals surface area contributed by atoms with Crippen LogP contribution in [0.1, 0.15) is 12.8 Å². The molecule has 1 unspecified atom stereocenters. The topological polar surface area (TPSA) is 38.3 Å². The highest BCUT2D eigenvalue weighted by molar-refractivity contribution is 5.81. The molecule has 1 heterocycles. The van der Waals surface area contributed by atoms with Crippen LogP contribution in [0.25, 0.3) is 0 Å². The van der Waals surface area contributed by atoms with Crippen LogP contribution >= 0.6 is 0 Å². The first-order valence-electron chi connectivity index (χ1n) is 3.82. The molecule has 0 aromatic rings. The van der Waals surface area contributed by atoms with Crippen molar-refractivity contribution in [3.63, 3.8) is 0 Å². The van der Waals surface area contributed by atoms with Crippen LogP contribution in [-0.2, 0) is 9.53 Å². The van der Waals surface area contributed by atoms with Gasteiger partial charge in [0.1, 0.15) is 0 Å². The molecule has 1 aliphatic rings. The maximum atomic E-state index is 10.6. The number of hydrogen-bond acceptors (Lipinski definition) is 3. The quantitative estimate of drug-likeness (QED) is 0.465. The lowest BCUT2D eigenvalue weighted by molar-refractivity contribution is -0.134. The van der Waals surface area contributed by atoms with E-state index in [0.717, 1.165) is 13.0 Å². The molecule has 0 spiro atoms. The number of rotatable bonds is 2. The van der Waals surface area contributed by atoms with Crippen LogP contribution in [0, 0.1) is 0 Å². The van der Waals surface area contributed by atoms with Crippen LogP contribution in [-0.4, -0.2) is 25.7 Å². The Hall–Kier alpha value is -0.830. The zero-order chi connectivity index (χ0) is 8.10. The molecule has 0 bridgehead atoms. The molecular formula is C8H13NO2. The van der Waals surface area contributed by atoms with Crippen molar-refractivity contribution in [1.82, 2.24) is 5.32 Å². The van der Waals surface area contributed by atoms with E-state index in [2.05, 4.69) is 10.1 Å². The Morgan fingerprint density at radius 3 is 3.09 bits per heavy atom. The zero-order valence-corrected chi connectivity index (χ0v) is 6.67. The van der Waals surface area contributed by atoms with Crippen molar-refractivity contribution in [1.29, 1.82) is 0 Å². The molecule has 1 fully saturated rings. The van der Waals surface area contributed by atoms with Crippen molar-refractivity contribution < 1.29 is 9.53 Å². The number of esters is 1. The Labute approximate surface area is 66.4 Å². The van der Waals surface area contributed by atoms with Gasteiger partial charge in [0.2, 0.25) is 0 Å². The highest BCUT2D eigenvalue weighted by Gasteiger charge is 2.10. The molecule has 1 saturated heterocycles. The lowest BCUT2D eigenvalue weighted by Crippen LogP contribution is -2.18. The second-order valence-electron chi connectivity index (χ2n) is 2.59. The predicted octanol–water partition coefficient (Wildman–Crippen LogP) is 0.468. The van der Waals surface area contributed by atoms with Crippen molar-refractivity contribution in [2.45, 2.75) is 18.9 Å². The maximum absolute atomic E-state index is 10.6. The minimum absolute atomic E-state index is 0.279. The smallest absolute Gasteiger partial charge is 0.330 e. The van der Waals surface area contributed by atoms with Gasteiger partial charge in [-0.25, -0.2) is 4.79 Å². The molecule has 62 valence electrons. The molecule has 1 atom stereocenters. The maximum Gasteiger partial charge on any atom is 0.330 e. The summed E-state index contributed by atoms with van der Waals surface area (Å²) in [5, 5.41) is 3.24. The molecule has 11 heavy (non-hydrogen) atoms. The third-order valence-corrected chi connectivity index (χ3v) is 1.76. The highest BCUT2D eigenvalue weighted by atomic mass is 16.5. The van der Waals surface area contributed by atoms with Crippen molar-refractivity contribution in [2.24, 2.45) is 0 Å². The van der Waals surface area contributed by atoms with Gasteiger partial charge in [-0.2, -0.15) is 0 Å². The van der Waals surface area contributed by atoms with Gasteiger partial charge >= 0.3 is 5.97 Å². The van der Waals surface area contributed by atoms with Crippen LogP contribution in [0.15, 0.2) is 12.2 Å². The summed E-state index contributed by atoms with van der Waals surface area (Å²) in [4.78, 5) is 10.6. The van der Waals surface area contributed by atoms with Crippen molar-refractivity contribution in [3.05, 3.63) is 12.2 Å². The molecule has 0 aliphatic carbocycles. The van der Waals surface area contributed by atoms with E-state index in [1.54, 1.807) is 0 Å². The SMILES string of the molecule is COC(=O)/C=C\C1CCCN1. The fraction of sp³-hybridized carbons (Fsp3) is 0.625. The molecule has 0 aromatic carbocycles. The summed E-state index contributed by atoms with van der Waals surface area (Å²) in [5.74, 6) is -0.279. The largest absolute Gasteiger partial charge is 0.466 e. The normalized spacial score (nSPS) is 24.3. The summed E-state index contributed by atoms with van der Waals surface area (Å²) in [5.41, 5.74) is 0. The molecule has 3 nitrogen and oxygen atoms in total. The molecule has 0 saturated carbocycles. The van der Waals surface area contributed by atoms with Gasteiger partial charge < -0.3 is 10.1 Å². The highest BCUT2D eigenvalue weighted by Crippen LogP contribution is 2.05. The Morgan fingerprint density at radius 2 is 2.55 bits per heavy atom. The lowest BCUT2D eigenvalue weighted by atomic mass is 10.2. The molecule has 0 aromatic heterocycles. The van der Waals surface area contributed by atoms with E-state index in [1.165, 1.54) is 19.6 Å². The first-order valence-corrected chi connectivity index (χ1v) is 3.82. The van der Waals surface area contributed by atoms with Gasteiger partial charge in [-0.05, 0) is 19.4 Å². The van der Waals surface area contributed by atoms with Crippen LogP contribution < -0.4 is 5.32 Å². The van der Waals surface area contributed by atoms with Gasteiger partial charge in [-0.3, -0.25) is 0 Å². The number of methoxy groups -OCH3 is 1. The monoisotopic (exact) mass is 155 g/mol. The van der Waals surface area contributed by atoms with E-state index in [9.17, 15) is 4.79 Å². The first kappa shape index (κ1) is 8.27. The third kappa shape index (κ3) is 2.72. The Morgan fingerprint density at radius 1 is 1.73 bits per heavy atom. The molecule has 0 amide bonds. The first-order chi connectivity index (χ1) is 5.33. The standard InChI is InChI=1S/C8H13NO2/c1-11-8(10)5-4-7-3-2-6-9-7/h4-5,7,9H,2-3,6H2,1H3/b5-4-. The molecule has 1 aliphatic heterocycles. The Kier molecular flexibility index (Phi) is 3.11. The Balaban J connectivity index is 2.27. The van der Waals surface area contributed by atoms with E-state index in [4.69, 9.17) is 0 Å². The van der Waals surface area contributed by atoms with Crippen molar-refractivity contribution >= 4 is 5.97 Å². The van der Waals surface area contributed by atoms with E-state index in [0.29, 0.717) is 6.04 Å². The molecule has 1 rings (SSSR count). The van der Waals surface area contributed by atoms with Gasteiger partial charge in [-0.1, -0.05) is 6.08 Å². The van der Waals surface area contributed by atoms with E-state index >= 15 is 0 Å². The lowest BCUT2D eigenvalue weighted by Gasteiger charge is -2.00. The average Bonchev–Trinajstić information content (AvgIpc) is 2.52. The minimum atomic E-state index is -0.279. The summed E-state index contributed by atoms with van der Waals surface area (Å²) in [6.07, 6.45) is 5.64. The van der Waals surface area contributed by atoms with Gasteiger partial charge in [0.15, 0.2) is 0 Å². The predicted molar refractivity (Wildman–Crippen MR) is 42.2 cm³/mol. The van der Waals surface area contributed by atoms with Crippen LogP contribution in [0.4, 0.5) is 0 Å². The number of carbonyl (C=O) groups is 1. The van der Waals surface area contributed by atoms with Crippen molar-refractivity contribution in [3.8, 4) is 0 Å². The van der Waals surface area contributed by atoms with Gasteiger partial charge in [-0.15, -0.1) is 0 Å². The number of ether oxygens (including phenoxy) is 1. The summed E-state index contributed by atoms with van der Waals surface area (Å²) in [6, 6.07) is 0.370. The van der Waals surface area contributed by atoms with Gasteiger partial charge in [0.05, 0.1) is 7.11 Å². The molecule has 0 radical (unpaired) electrons. The minimum Gasteiger partial charge on any atom is -0.466 e. The molecular weight excluding hydrogens is 142 g/mol. The van der Waals surface area contributed by atoms with E-state index in [1.807, 2.05) is 6.08 Å². The zero-order valence-electron chi connectivity index (χ0n) is 6.67. The van der Waals surface area contributed by atoms with Crippen LogP contribution in [0.3, 0.4) is 0 Å². The summed E-state index contributed by atoms with van der Waals surface area (Å²) < 4.78 is 4.46. The summed E-state index contributed by atoms with van der Waals surface area (Å²) in [6.45, 7) is 1.05. The van der Waals surface area contributed by atoms with E-state index in [-0.39, 0.29) is 5.97 Å². The number of carbonyl (C=O) groups excluding carboxylic acids is 1. The van der Waals surface area contributed by atoms with E-state index < -0.39 is 0 Å². The molecule has 3 heteroatoms. The van der Waals surface area contributed by atoms with Crippen LogP contribution in [0.2, 0.25) is 0 Å². The summed E-state index contributed by atoms with van der Waals surface area (Å²) in [7, 11) is 1.38. The second-order valence-corrected chi connectivity index (χ2v) is 2.59. The Bertz CT molecular complexity index is 159. The van der Waals surface area contributed by atoms with Crippen molar-refractivity contribution in [2.75, 3.05) is 13.7 Å². The number of nitrogens with one attached hydrogen (secondary N) is 1. The van der Waals surface area contributed by atoms with Gasteiger partial charge in [0.25, 0.3) is 0 Å². The average molecular weight is 155 g/mol. The fourth-order valence-corrected chi connectivity index (χ4v) is 1.14. The molecule has 1 N–H and O–H groups in total.